The fourth-order valence-electron chi connectivity index (χ4n) is 4.11. The van der Waals surface area contributed by atoms with Crippen LogP contribution in [0.4, 0.5) is 0 Å². The lowest BCUT2D eigenvalue weighted by atomic mass is 9.60. The summed E-state index contributed by atoms with van der Waals surface area (Å²) in [5.74, 6) is 0.773. The topological polar surface area (TPSA) is 0 Å². The Morgan fingerprint density at radius 1 is 1.19 bits per heavy atom. The average molecular weight is 212 g/mol. The van der Waals surface area contributed by atoms with Gasteiger partial charge in [0.1, 0.15) is 0 Å². The summed E-state index contributed by atoms with van der Waals surface area (Å²) in [6.45, 7) is 9.14. The Hall–Kier alpha value is -1.04. The molecule has 0 aromatic heterocycles. The molecule has 2 aliphatic carbocycles. The molecule has 0 saturated heterocycles. The highest BCUT2D eigenvalue weighted by molar-refractivity contribution is 5.41. The van der Waals surface area contributed by atoms with Crippen molar-refractivity contribution in [1.29, 1.82) is 0 Å². The van der Waals surface area contributed by atoms with E-state index in [0.717, 1.165) is 5.92 Å². The zero-order valence-corrected chi connectivity index (χ0v) is 10.3. The van der Waals surface area contributed by atoms with Crippen molar-refractivity contribution in [2.75, 3.05) is 0 Å². The van der Waals surface area contributed by atoms with Gasteiger partial charge in [-0.05, 0) is 36.2 Å². The summed E-state index contributed by atoms with van der Waals surface area (Å²) in [6, 6.07) is 11.1. The second kappa shape index (κ2) is 3.00. The minimum Gasteiger partial charge on any atom is -0.0990 e. The maximum absolute atomic E-state index is 4.36. The van der Waals surface area contributed by atoms with Gasteiger partial charge in [-0.3, -0.25) is 0 Å². The van der Waals surface area contributed by atoms with E-state index < -0.39 is 0 Å². The Balaban J connectivity index is 2.15. The van der Waals surface area contributed by atoms with E-state index in [9.17, 15) is 0 Å². The molecule has 16 heavy (non-hydrogen) atoms. The maximum Gasteiger partial charge on any atom is 0.00471 e. The normalized spacial score (nSPS) is 35.6. The maximum atomic E-state index is 4.36. The van der Waals surface area contributed by atoms with Crippen molar-refractivity contribution < 1.29 is 0 Å². The van der Waals surface area contributed by atoms with E-state index in [4.69, 9.17) is 0 Å². The monoisotopic (exact) mass is 212 g/mol. The van der Waals surface area contributed by atoms with Crippen LogP contribution in [-0.4, -0.2) is 0 Å². The van der Waals surface area contributed by atoms with Crippen LogP contribution >= 0.6 is 0 Å². The summed E-state index contributed by atoms with van der Waals surface area (Å²) in [5, 5.41) is 0. The van der Waals surface area contributed by atoms with Gasteiger partial charge in [-0.2, -0.15) is 0 Å². The molecule has 1 aromatic carbocycles. The van der Waals surface area contributed by atoms with Gasteiger partial charge in [0.05, 0.1) is 0 Å². The highest BCUT2D eigenvalue weighted by Gasteiger charge is 2.59. The van der Waals surface area contributed by atoms with Crippen LogP contribution < -0.4 is 0 Å². The molecule has 2 fully saturated rings. The SMILES string of the molecule is C=C1C2CCC(c3ccccc3)(C2)C1(C)C. The zero-order valence-electron chi connectivity index (χ0n) is 10.3. The van der Waals surface area contributed by atoms with Crippen molar-refractivity contribution in [2.24, 2.45) is 11.3 Å². The predicted molar refractivity (Wildman–Crippen MR) is 68.4 cm³/mol. The van der Waals surface area contributed by atoms with E-state index in [0.29, 0.717) is 5.41 Å². The molecule has 0 radical (unpaired) electrons. The van der Waals surface area contributed by atoms with Crippen molar-refractivity contribution in [3.63, 3.8) is 0 Å². The first-order valence-electron chi connectivity index (χ1n) is 6.33. The number of rotatable bonds is 1. The molecule has 0 N–H and O–H groups in total. The summed E-state index contributed by atoms with van der Waals surface area (Å²) in [5.41, 5.74) is 3.66. The summed E-state index contributed by atoms with van der Waals surface area (Å²) in [7, 11) is 0. The molecular weight excluding hydrogens is 192 g/mol. The van der Waals surface area contributed by atoms with E-state index in [1.165, 1.54) is 30.4 Å². The lowest BCUT2D eigenvalue weighted by Gasteiger charge is -2.43. The van der Waals surface area contributed by atoms with Gasteiger partial charge >= 0.3 is 0 Å². The fraction of sp³-hybridized carbons (Fsp3) is 0.500. The van der Waals surface area contributed by atoms with Gasteiger partial charge in [0, 0.05) is 5.41 Å². The van der Waals surface area contributed by atoms with Crippen LogP contribution in [0.15, 0.2) is 42.5 Å². The van der Waals surface area contributed by atoms with Gasteiger partial charge in [-0.25, -0.2) is 0 Å². The number of hydrogen-bond acceptors (Lipinski definition) is 0. The molecule has 0 aliphatic heterocycles. The number of allylic oxidation sites excluding steroid dienone is 1. The molecule has 0 nitrogen and oxygen atoms in total. The van der Waals surface area contributed by atoms with Gasteiger partial charge in [0.25, 0.3) is 0 Å². The lowest BCUT2D eigenvalue weighted by molar-refractivity contribution is 0.229. The van der Waals surface area contributed by atoms with Crippen LogP contribution in [0.25, 0.3) is 0 Å². The van der Waals surface area contributed by atoms with Crippen molar-refractivity contribution >= 4 is 0 Å². The standard InChI is InChI=1S/C16H20/c1-12-13-9-10-16(11-13,15(12,2)3)14-7-5-4-6-8-14/h4-8,13H,1,9-11H2,2-3H3. The van der Waals surface area contributed by atoms with Crippen LogP contribution in [-0.2, 0) is 5.41 Å². The molecule has 1 aromatic rings. The Kier molecular flexibility index (Phi) is 1.90. The smallest absolute Gasteiger partial charge is 0.00471 e. The Labute approximate surface area is 98.4 Å². The molecule has 84 valence electrons. The molecule has 2 unspecified atom stereocenters. The van der Waals surface area contributed by atoms with Crippen molar-refractivity contribution in [2.45, 2.75) is 38.5 Å². The minimum atomic E-state index is 0.275. The van der Waals surface area contributed by atoms with Crippen LogP contribution in [0.2, 0.25) is 0 Å². The molecule has 0 amide bonds. The average Bonchev–Trinajstić information content (AvgIpc) is 2.81. The van der Waals surface area contributed by atoms with Crippen molar-refractivity contribution in [3.05, 3.63) is 48.0 Å². The fourth-order valence-corrected chi connectivity index (χ4v) is 4.11. The first-order chi connectivity index (χ1) is 7.58. The molecule has 0 heterocycles. The molecule has 0 spiro atoms. The number of fused-ring (bicyclic) bond motifs is 2. The van der Waals surface area contributed by atoms with Gasteiger partial charge < -0.3 is 0 Å². The largest absolute Gasteiger partial charge is 0.0990 e. The number of benzene rings is 1. The van der Waals surface area contributed by atoms with Gasteiger partial charge in [0.2, 0.25) is 0 Å². The summed E-state index contributed by atoms with van der Waals surface area (Å²) >= 11 is 0. The van der Waals surface area contributed by atoms with E-state index >= 15 is 0 Å². The van der Waals surface area contributed by atoms with E-state index in [2.05, 4.69) is 50.8 Å². The molecule has 2 aliphatic rings. The third-order valence-electron chi connectivity index (χ3n) is 5.33. The van der Waals surface area contributed by atoms with Crippen molar-refractivity contribution in [1.82, 2.24) is 0 Å². The second-order valence-electron chi connectivity index (χ2n) is 6.04. The molecule has 0 heteroatoms. The molecule has 3 rings (SSSR count). The Morgan fingerprint density at radius 2 is 1.88 bits per heavy atom. The van der Waals surface area contributed by atoms with E-state index in [-0.39, 0.29) is 5.41 Å². The quantitative estimate of drug-likeness (QED) is 0.608. The third-order valence-corrected chi connectivity index (χ3v) is 5.33. The molecular formula is C16H20. The van der Waals surface area contributed by atoms with Gasteiger partial charge in [-0.15, -0.1) is 0 Å². The first kappa shape index (κ1) is 10.1. The zero-order chi connectivity index (χ0) is 11.4. The summed E-state index contributed by atoms with van der Waals surface area (Å²) in [6.07, 6.45) is 4.01. The summed E-state index contributed by atoms with van der Waals surface area (Å²) < 4.78 is 0. The second-order valence-corrected chi connectivity index (χ2v) is 6.04. The Morgan fingerprint density at radius 3 is 2.44 bits per heavy atom. The van der Waals surface area contributed by atoms with E-state index in [1.54, 1.807) is 0 Å². The van der Waals surface area contributed by atoms with Gasteiger partial charge in [-0.1, -0.05) is 56.3 Å². The van der Waals surface area contributed by atoms with Crippen LogP contribution in [0.5, 0.6) is 0 Å². The third kappa shape index (κ3) is 1.00. The highest BCUT2D eigenvalue weighted by atomic mass is 14.6. The van der Waals surface area contributed by atoms with E-state index in [1.807, 2.05) is 0 Å². The van der Waals surface area contributed by atoms with Gasteiger partial charge in [0.15, 0.2) is 0 Å². The van der Waals surface area contributed by atoms with Crippen LogP contribution in [0.1, 0.15) is 38.7 Å². The highest BCUT2D eigenvalue weighted by Crippen LogP contribution is 2.66. The van der Waals surface area contributed by atoms with Crippen LogP contribution in [0, 0.1) is 11.3 Å². The molecule has 2 atom stereocenters. The molecule has 2 saturated carbocycles. The number of hydrogen-bond donors (Lipinski definition) is 0. The first-order valence-corrected chi connectivity index (χ1v) is 6.33. The Bertz CT molecular complexity index is 427. The summed E-state index contributed by atoms with van der Waals surface area (Å²) in [4.78, 5) is 0. The van der Waals surface area contributed by atoms with Crippen LogP contribution in [0.3, 0.4) is 0 Å². The van der Waals surface area contributed by atoms with Crippen molar-refractivity contribution in [3.8, 4) is 0 Å². The predicted octanol–water partition coefficient (Wildman–Crippen LogP) is 4.32. The molecule has 2 bridgehead atoms. The minimum absolute atomic E-state index is 0.275. The lowest BCUT2D eigenvalue weighted by Crippen LogP contribution is -2.38.